The topological polar surface area (TPSA) is 67.4 Å². The second-order valence-corrected chi connectivity index (χ2v) is 4.79. The number of aryl methyl sites for hydroxylation is 1. The van der Waals surface area contributed by atoms with Crippen LogP contribution in [0.2, 0.25) is 5.02 Å². The van der Waals surface area contributed by atoms with Gasteiger partial charge in [-0.15, -0.1) is 0 Å². The van der Waals surface area contributed by atoms with Crippen LogP contribution < -0.4 is 15.4 Å². The molecular formula is C14H19ClN2O3. The monoisotopic (exact) mass is 298 g/mol. The zero-order valence-corrected chi connectivity index (χ0v) is 12.6. The summed E-state index contributed by atoms with van der Waals surface area (Å²) >= 11 is 5.90. The molecule has 0 aliphatic heterocycles. The van der Waals surface area contributed by atoms with Gasteiger partial charge in [-0.2, -0.15) is 0 Å². The molecular weight excluding hydrogens is 280 g/mol. The summed E-state index contributed by atoms with van der Waals surface area (Å²) in [6, 6.07) is 4.57. The fourth-order valence-corrected chi connectivity index (χ4v) is 1.65. The predicted molar refractivity (Wildman–Crippen MR) is 78.0 cm³/mol. The van der Waals surface area contributed by atoms with Gasteiger partial charge in [-0.1, -0.05) is 11.6 Å². The molecule has 2 N–H and O–H groups in total. The number of amides is 2. The van der Waals surface area contributed by atoms with Gasteiger partial charge in [0, 0.05) is 11.6 Å². The number of hydrogen-bond donors (Lipinski definition) is 2. The first-order chi connectivity index (χ1) is 9.43. The Morgan fingerprint density at radius 2 is 2.10 bits per heavy atom. The minimum atomic E-state index is -0.585. The van der Waals surface area contributed by atoms with Crippen LogP contribution in [0.25, 0.3) is 0 Å². The third-order valence-electron chi connectivity index (χ3n) is 2.62. The standard InChI is InChI=1S/C14H19ClN2O3/c1-4-16-14(19)10(3)17-13(18)8-20-11-5-6-12(15)9(2)7-11/h5-7,10H,4,8H2,1-3H3,(H,16,19)(H,17,18). The Kier molecular flexibility index (Phi) is 6.31. The molecule has 0 aliphatic rings. The van der Waals surface area contributed by atoms with Crippen LogP contribution in [0.4, 0.5) is 0 Å². The smallest absolute Gasteiger partial charge is 0.258 e. The number of carbonyl (C=O) groups is 2. The molecule has 0 radical (unpaired) electrons. The lowest BCUT2D eigenvalue weighted by molar-refractivity contribution is -0.129. The normalized spacial score (nSPS) is 11.6. The van der Waals surface area contributed by atoms with E-state index in [4.69, 9.17) is 16.3 Å². The summed E-state index contributed by atoms with van der Waals surface area (Å²) in [7, 11) is 0. The highest BCUT2D eigenvalue weighted by Gasteiger charge is 2.14. The van der Waals surface area contributed by atoms with Crippen LogP contribution in [0.3, 0.4) is 0 Å². The first-order valence-corrected chi connectivity index (χ1v) is 6.77. The van der Waals surface area contributed by atoms with Gasteiger partial charge in [-0.25, -0.2) is 0 Å². The van der Waals surface area contributed by atoms with Crippen molar-refractivity contribution >= 4 is 23.4 Å². The fourth-order valence-electron chi connectivity index (χ4n) is 1.53. The van der Waals surface area contributed by atoms with E-state index in [-0.39, 0.29) is 18.4 Å². The highest BCUT2D eigenvalue weighted by atomic mass is 35.5. The number of hydrogen-bond acceptors (Lipinski definition) is 3. The summed E-state index contributed by atoms with van der Waals surface area (Å²) in [5.41, 5.74) is 0.875. The molecule has 0 saturated heterocycles. The van der Waals surface area contributed by atoms with Crippen molar-refractivity contribution < 1.29 is 14.3 Å². The molecule has 20 heavy (non-hydrogen) atoms. The van der Waals surface area contributed by atoms with Crippen molar-refractivity contribution in [2.45, 2.75) is 26.8 Å². The Balaban J connectivity index is 2.43. The van der Waals surface area contributed by atoms with Gasteiger partial charge in [-0.3, -0.25) is 9.59 Å². The van der Waals surface area contributed by atoms with Gasteiger partial charge in [0.15, 0.2) is 6.61 Å². The Labute approximate surface area is 123 Å². The van der Waals surface area contributed by atoms with Crippen LogP contribution in [0.5, 0.6) is 5.75 Å². The van der Waals surface area contributed by atoms with Crippen LogP contribution in [-0.2, 0) is 9.59 Å². The van der Waals surface area contributed by atoms with Gasteiger partial charge < -0.3 is 15.4 Å². The lowest BCUT2D eigenvalue weighted by Crippen LogP contribution is -2.46. The molecule has 110 valence electrons. The van der Waals surface area contributed by atoms with Crippen molar-refractivity contribution in [2.24, 2.45) is 0 Å². The van der Waals surface area contributed by atoms with E-state index in [1.807, 2.05) is 13.8 Å². The van der Waals surface area contributed by atoms with Gasteiger partial charge in [0.2, 0.25) is 5.91 Å². The Hall–Kier alpha value is -1.75. The average molecular weight is 299 g/mol. The van der Waals surface area contributed by atoms with E-state index < -0.39 is 6.04 Å². The van der Waals surface area contributed by atoms with Crippen LogP contribution in [-0.4, -0.2) is 31.0 Å². The van der Waals surface area contributed by atoms with Gasteiger partial charge in [0.25, 0.3) is 5.91 Å². The lowest BCUT2D eigenvalue weighted by Gasteiger charge is -2.14. The van der Waals surface area contributed by atoms with Crippen LogP contribution in [0, 0.1) is 6.92 Å². The molecule has 1 aromatic carbocycles. The number of ether oxygens (including phenoxy) is 1. The number of nitrogens with one attached hydrogen (secondary N) is 2. The molecule has 1 rings (SSSR count). The number of likely N-dealkylation sites (N-methyl/N-ethyl adjacent to an activating group) is 1. The van der Waals surface area contributed by atoms with Gasteiger partial charge in [-0.05, 0) is 44.5 Å². The molecule has 0 fully saturated rings. The van der Waals surface area contributed by atoms with Crippen LogP contribution in [0.1, 0.15) is 19.4 Å². The van der Waals surface area contributed by atoms with Gasteiger partial charge in [0.1, 0.15) is 11.8 Å². The van der Waals surface area contributed by atoms with Gasteiger partial charge in [0.05, 0.1) is 0 Å². The predicted octanol–water partition coefficient (Wildman–Crippen LogP) is 1.67. The largest absolute Gasteiger partial charge is 0.484 e. The maximum atomic E-state index is 11.6. The average Bonchev–Trinajstić information content (AvgIpc) is 2.40. The number of rotatable bonds is 6. The van der Waals surface area contributed by atoms with Crippen molar-refractivity contribution in [3.63, 3.8) is 0 Å². The van der Waals surface area contributed by atoms with E-state index in [2.05, 4.69) is 10.6 Å². The molecule has 0 bridgehead atoms. The number of benzene rings is 1. The lowest BCUT2D eigenvalue weighted by atomic mass is 10.2. The van der Waals surface area contributed by atoms with Crippen molar-refractivity contribution in [1.29, 1.82) is 0 Å². The number of halogens is 1. The minimum absolute atomic E-state index is 0.148. The molecule has 1 atom stereocenters. The highest BCUT2D eigenvalue weighted by Crippen LogP contribution is 2.20. The third-order valence-corrected chi connectivity index (χ3v) is 3.05. The fraction of sp³-hybridized carbons (Fsp3) is 0.429. The molecule has 5 nitrogen and oxygen atoms in total. The molecule has 0 heterocycles. The summed E-state index contributed by atoms with van der Waals surface area (Å²) < 4.78 is 5.34. The molecule has 2 amide bonds. The van der Waals surface area contributed by atoms with Crippen LogP contribution in [0.15, 0.2) is 18.2 Å². The first kappa shape index (κ1) is 16.3. The molecule has 0 spiro atoms. The summed E-state index contributed by atoms with van der Waals surface area (Å²) in [5, 5.41) is 5.83. The first-order valence-electron chi connectivity index (χ1n) is 6.40. The maximum Gasteiger partial charge on any atom is 0.258 e. The van der Waals surface area contributed by atoms with Crippen molar-refractivity contribution in [3.8, 4) is 5.75 Å². The van der Waals surface area contributed by atoms with Crippen LogP contribution >= 0.6 is 11.6 Å². The van der Waals surface area contributed by atoms with E-state index >= 15 is 0 Å². The van der Waals surface area contributed by atoms with E-state index in [9.17, 15) is 9.59 Å². The van der Waals surface area contributed by atoms with E-state index in [0.29, 0.717) is 17.3 Å². The van der Waals surface area contributed by atoms with Gasteiger partial charge >= 0.3 is 0 Å². The second-order valence-electron chi connectivity index (χ2n) is 4.38. The highest BCUT2D eigenvalue weighted by molar-refractivity contribution is 6.31. The van der Waals surface area contributed by atoms with Crippen molar-refractivity contribution in [1.82, 2.24) is 10.6 Å². The molecule has 6 heteroatoms. The molecule has 0 aromatic heterocycles. The summed E-state index contributed by atoms with van der Waals surface area (Å²) in [5.74, 6) is -0.00717. The zero-order chi connectivity index (χ0) is 15.1. The van der Waals surface area contributed by atoms with Crippen molar-refractivity contribution in [3.05, 3.63) is 28.8 Å². The SMILES string of the molecule is CCNC(=O)C(C)NC(=O)COc1ccc(Cl)c(C)c1. The third kappa shape index (κ3) is 5.09. The van der Waals surface area contributed by atoms with Crippen molar-refractivity contribution in [2.75, 3.05) is 13.2 Å². The second kappa shape index (κ2) is 7.75. The van der Waals surface area contributed by atoms with E-state index in [1.54, 1.807) is 25.1 Å². The molecule has 0 saturated carbocycles. The van der Waals surface area contributed by atoms with E-state index in [1.165, 1.54) is 0 Å². The minimum Gasteiger partial charge on any atom is -0.484 e. The Morgan fingerprint density at radius 3 is 2.70 bits per heavy atom. The Bertz CT molecular complexity index is 491. The molecule has 1 aromatic rings. The molecule has 1 unspecified atom stereocenters. The Morgan fingerprint density at radius 1 is 1.40 bits per heavy atom. The molecule has 0 aliphatic carbocycles. The van der Waals surface area contributed by atoms with E-state index in [0.717, 1.165) is 5.56 Å². The zero-order valence-electron chi connectivity index (χ0n) is 11.8. The summed E-state index contributed by atoms with van der Waals surface area (Å²) in [6.07, 6.45) is 0. The number of carbonyl (C=O) groups excluding carboxylic acids is 2. The summed E-state index contributed by atoms with van der Waals surface area (Å²) in [6.45, 7) is 5.67. The summed E-state index contributed by atoms with van der Waals surface area (Å²) in [4.78, 5) is 23.1. The quantitative estimate of drug-likeness (QED) is 0.839. The maximum absolute atomic E-state index is 11.6.